The van der Waals surface area contributed by atoms with Crippen molar-refractivity contribution in [2.75, 3.05) is 13.2 Å². The average molecular weight is 251 g/mol. The molecule has 2 aliphatic heterocycles. The van der Waals surface area contributed by atoms with Crippen LogP contribution in [0, 0.1) is 0 Å². The molecule has 0 amide bonds. The van der Waals surface area contributed by atoms with Crippen molar-refractivity contribution >= 4 is 11.3 Å². The lowest BCUT2D eigenvalue weighted by molar-refractivity contribution is -0.0848. The van der Waals surface area contributed by atoms with Gasteiger partial charge in [0.2, 0.25) is 0 Å². The summed E-state index contributed by atoms with van der Waals surface area (Å²) in [6, 6.07) is 2.98. The molecule has 3 heterocycles. The molecule has 1 aromatic heterocycles. The Morgan fingerprint density at radius 1 is 1.59 bits per heavy atom. The number of hydrogen-bond donors (Lipinski definition) is 1. The van der Waals surface area contributed by atoms with Crippen LogP contribution in [0.4, 0.5) is 0 Å². The molecule has 17 heavy (non-hydrogen) atoms. The Bertz CT molecular complexity index is 414. The van der Waals surface area contributed by atoms with Gasteiger partial charge in [-0.15, -0.1) is 11.3 Å². The van der Waals surface area contributed by atoms with Crippen molar-refractivity contribution in [1.29, 1.82) is 0 Å². The third-order valence-corrected chi connectivity index (χ3v) is 5.54. The molecule has 1 fully saturated rings. The molecule has 0 radical (unpaired) electrons. The van der Waals surface area contributed by atoms with E-state index in [-0.39, 0.29) is 5.60 Å². The van der Waals surface area contributed by atoms with Crippen molar-refractivity contribution in [1.82, 2.24) is 5.32 Å². The molecule has 3 heteroatoms. The maximum Gasteiger partial charge on any atom is 0.105 e. The van der Waals surface area contributed by atoms with E-state index >= 15 is 0 Å². The Kier molecular flexibility index (Phi) is 3.01. The standard InChI is InChI=1S/C14H21NOS/c1-3-12-8-11-4-7-16-14(13(11)17-12)5-6-15-10(2)9-14/h8,10,15H,3-7,9H2,1-2H3/t10-,14+/m0/s1. The highest BCUT2D eigenvalue weighted by atomic mass is 32.1. The first-order valence-corrected chi connectivity index (χ1v) is 7.54. The van der Waals surface area contributed by atoms with Crippen molar-refractivity contribution in [2.24, 2.45) is 0 Å². The summed E-state index contributed by atoms with van der Waals surface area (Å²) < 4.78 is 6.23. The highest BCUT2D eigenvalue weighted by molar-refractivity contribution is 7.12. The van der Waals surface area contributed by atoms with Crippen LogP contribution < -0.4 is 5.32 Å². The lowest BCUT2D eigenvalue weighted by Gasteiger charge is -2.42. The largest absolute Gasteiger partial charge is 0.369 e. The van der Waals surface area contributed by atoms with E-state index in [0.29, 0.717) is 6.04 Å². The molecule has 0 bridgehead atoms. The maximum atomic E-state index is 6.23. The van der Waals surface area contributed by atoms with Gasteiger partial charge in [-0.3, -0.25) is 0 Å². The second kappa shape index (κ2) is 4.38. The molecular formula is C14H21NOS. The smallest absolute Gasteiger partial charge is 0.105 e. The molecule has 0 aliphatic carbocycles. The second-order valence-corrected chi connectivity index (χ2v) is 6.46. The molecule has 2 atom stereocenters. The Hall–Kier alpha value is -0.380. The van der Waals surface area contributed by atoms with E-state index < -0.39 is 0 Å². The molecule has 0 saturated carbocycles. The molecule has 1 N–H and O–H groups in total. The van der Waals surface area contributed by atoms with Crippen molar-refractivity contribution < 1.29 is 4.74 Å². The summed E-state index contributed by atoms with van der Waals surface area (Å²) in [6.45, 7) is 6.50. The van der Waals surface area contributed by atoms with E-state index in [9.17, 15) is 0 Å². The second-order valence-electron chi connectivity index (χ2n) is 5.32. The fourth-order valence-electron chi connectivity index (χ4n) is 3.18. The summed E-state index contributed by atoms with van der Waals surface area (Å²) in [7, 11) is 0. The lowest BCUT2D eigenvalue weighted by atomic mass is 9.83. The Labute approximate surface area is 107 Å². The van der Waals surface area contributed by atoms with Crippen molar-refractivity contribution in [3.8, 4) is 0 Å². The monoisotopic (exact) mass is 251 g/mol. The zero-order valence-corrected chi connectivity index (χ0v) is 11.5. The molecule has 0 unspecified atom stereocenters. The predicted octanol–water partition coefficient (Wildman–Crippen LogP) is 2.85. The topological polar surface area (TPSA) is 21.3 Å². The van der Waals surface area contributed by atoms with Gasteiger partial charge in [0.15, 0.2) is 0 Å². The molecule has 1 saturated heterocycles. The van der Waals surface area contributed by atoms with Crippen LogP contribution in [-0.4, -0.2) is 19.2 Å². The van der Waals surface area contributed by atoms with Gasteiger partial charge in [0.1, 0.15) is 5.60 Å². The number of nitrogens with one attached hydrogen (secondary N) is 1. The van der Waals surface area contributed by atoms with E-state index in [1.54, 1.807) is 5.56 Å². The van der Waals surface area contributed by atoms with Crippen LogP contribution in [0.5, 0.6) is 0 Å². The summed E-state index contributed by atoms with van der Waals surface area (Å²) in [5, 5.41) is 3.53. The SMILES string of the molecule is CCc1cc2c(s1)[C@]1(CCN[C@@H](C)C1)OCC2. The van der Waals surface area contributed by atoms with Crippen LogP contribution >= 0.6 is 11.3 Å². The highest BCUT2D eigenvalue weighted by Gasteiger charge is 2.42. The predicted molar refractivity (Wildman–Crippen MR) is 71.7 cm³/mol. The fourth-order valence-corrected chi connectivity index (χ4v) is 4.51. The lowest BCUT2D eigenvalue weighted by Crippen LogP contribution is -2.48. The van der Waals surface area contributed by atoms with Crippen LogP contribution in [0.15, 0.2) is 6.07 Å². The number of piperidine rings is 1. The van der Waals surface area contributed by atoms with Gasteiger partial charge in [0.25, 0.3) is 0 Å². The molecular weight excluding hydrogens is 230 g/mol. The van der Waals surface area contributed by atoms with E-state index in [1.807, 2.05) is 11.3 Å². The van der Waals surface area contributed by atoms with Crippen LogP contribution in [0.1, 0.15) is 42.0 Å². The van der Waals surface area contributed by atoms with Crippen LogP contribution in [-0.2, 0) is 23.2 Å². The minimum Gasteiger partial charge on any atom is -0.369 e. The van der Waals surface area contributed by atoms with Crippen LogP contribution in [0.3, 0.4) is 0 Å². The zero-order valence-electron chi connectivity index (χ0n) is 10.7. The summed E-state index contributed by atoms with van der Waals surface area (Å²) in [4.78, 5) is 3.06. The maximum absolute atomic E-state index is 6.23. The van der Waals surface area contributed by atoms with Gasteiger partial charge in [-0.25, -0.2) is 0 Å². The molecule has 2 nitrogen and oxygen atoms in total. The summed E-state index contributed by atoms with van der Waals surface area (Å²) in [5.41, 5.74) is 1.60. The number of thiophene rings is 1. The number of ether oxygens (including phenoxy) is 1. The molecule has 1 aromatic rings. The van der Waals surface area contributed by atoms with Gasteiger partial charge in [-0.2, -0.15) is 0 Å². The third kappa shape index (κ3) is 1.94. The van der Waals surface area contributed by atoms with E-state index in [2.05, 4.69) is 25.2 Å². The molecule has 94 valence electrons. The normalized spacial score (nSPS) is 32.7. The van der Waals surface area contributed by atoms with Crippen molar-refractivity contribution in [3.63, 3.8) is 0 Å². The zero-order chi connectivity index (χ0) is 11.9. The fraction of sp³-hybridized carbons (Fsp3) is 0.714. The number of fused-ring (bicyclic) bond motifs is 2. The van der Waals surface area contributed by atoms with Gasteiger partial charge in [-0.05, 0) is 50.8 Å². The quantitative estimate of drug-likeness (QED) is 0.828. The third-order valence-electron chi connectivity index (χ3n) is 4.03. The minimum atomic E-state index is 0.0380. The van der Waals surface area contributed by atoms with Crippen LogP contribution in [0.25, 0.3) is 0 Å². The van der Waals surface area contributed by atoms with E-state index in [0.717, 1.165) is 38.8 Å². The molecule has 2 aliphatic rings. The first-order valence-electron chi connectivity index (χ1n) is 6.73. The number of rotatable bonds is 1. The van der Waals surface area contributed by atoms with Gasteiger partial charge >= 0.3 is 0 Å². The van der Waals surface area contributed by atoms with Gasteiger partial charge < -0.3 is 10.1 Å². The summed E-state index contributed by atoms with van der Waals surface area (Å²) in [5.74, 6) is 0. The Balaban J connectivity index is 1.99. The minimum absolute atomic E-state index is 0.0380. The average Bonchev–Trinajstić information content (AvgIpc) is 2.74. The van der Waals surface area contributed by atoms with Crippen molar-refractivity contribution in [2.45, 2.75) is 51.2 Å². The molecule has 0 aromatic carbocycles. The number of aryl methyl sites for hydroxylation is 1. The van der Waals surface area contributed by atoms with Crippen LogP contribution in [0.2, 0.25) is 0 Å². The van der Waals surface area contributed by atoms with E-state index in [4.69, 9.17) is 4.74 Å². The van der Waals surface area contributed by atoms with Gasteiger partial charge in [0, 0.05) is 15.8 Å². The van der Waals surface area contributed by atoms with E-state index in [1.165, 1.54) is 9.75 Å². The summed E-state index contributed by atoms with van der Waals surface area (Å²) in [6.07, 6.45) is 4.52. The van der Waals surface area contributed by atoms with Gasteiger partial charge in [0.05, 0.1) is 6.61 Å². The highest BCUT2D eigenvalue weighted by Crippen LogP contribution is 2.45. The Morgan fingerprint density at radius 3 is 3.24 bits per heavy atom. The molecule has 1 spiro atoms. The Morgan fingerprint density at radius 2 is 2.47 bits per heavy atom. The first kappa shape index (κ1) is 11.7. The van der Waals surface area contributed by atoms with Gasteiger partial charge in [-0.1, -0.05) is 6.92 Å². The first-order chi connectivity index (χ1) is 8.23. The van der Waals surface area contributed by atoms with Crippen molar-refractivity contribution in [3.05, 3.63) is 21.4 Å². The number of hydrogen-bond acceptors (Lipinski definition) is 3. The molecule has 3 rings (SSSR count). The summed E-state index contributed by atoms with van der Waals surface area (Å²) >= 11 is 1.99.